The second-order valence-electron chi connectivity index (χ2n) is 4.09. The first-order valence-electron chi connectivity index (χ1n) is 6.11. The molecule has 0 atom stereocenters. The van der Waals surface area contributed by atoms with Gasteiger partial charge in [0.1, 0.15) is 11.6 Å². The van der Waals surface area contributed by atoms with Gasteiger partial charge in [0.15, 0.2) is 5.16 Å². The number of hydrogen-bond donors (Lipinski definition) is 3. The number of aromatic amines is 1. The van der Waals surface area contributed by atoms with Crippen LogP contribution in [-0.4, -0.2) is 22.3 Å². The van der Waals surface area contributed by atoms with E-state index in [1.165, 1.54) is 17.8 Å². The molecule has 20 heavy (non-hydrogen) atoms. The van der Waals surface area contributed by atoms with Crippen molar-refractivity contribution in [3.05, 3.63) is 40.7 Å². The Balaban J connectivity index is 1.71. The maximum Gasteiger partial charge on any atom is 0.253 e. The molecule has 0 bridgehead atoms. The number of H-pyrrole nitrogens is 1. The second kappa shape index (κ2) is 6.85. The summed E-state index contributed by atoms with van der Waals surface area (Å²) < 4.78 is 5.56. The van der Waals surface area contributed by atoms with Gasteiger partial charge in [0.2, 0.25) is 0 Å². The van der Waals surface area contributed by atoms with Crippen molar-refractivity contribution in [2.75, 3.05) is 23.8 Å². The quantitative estimate of drug-likeness (QED) is 0.322. The fraction of sp³-hybridized carbons (Fsp3) is 0.231. The Hall–Kier alpha value is -2.15. The van der Waals surface area contributed by atoms with E-state index in [0.29, 0.717) is 17.5 Å². The molecule has 0 radical (unpaired) electrons. The molecule has 1 aromatic heterocycles. The minimum absolute atomic E-state index is 0.231. The summed E-state index contributed by atoms with van der Waals surface area (Å²) in [5, 5.41) is 0.530. The lowest BCUT2D eigenvalue weighted by atomic mass is 10.3. The predicted molar refractivity (Wildman–Crippen MR) is 81.0 cm³/mol. The molecule has 2 aromatic rings. The molecule has 0 unspecified atom stereocenters. The summed E-state index contributed by atoms with van der Waals surface area (Å²) in [4.78, 5) is 17.8. The Kier molecular flexibility index (Phi) is 4.89. The normalized spacial score (nSPS) is 10.4. The third-order valence-electron chi connectivity index (χ3n) is 2.42. The lowest BCUT2D eigenvalue weighted by Gasteiger charge is -2.06. The number of nitrogens with one attached hydrogen (secondary N) is 1. The van der Waals surface area contributed by atoms with Crippen LogP contribution in [0.3, 0.4) is 0 Å². The molecule has 1 heterocycles. The summed E-state index contributed by atoms with van der Waals surface area (Å²) >= 11 is 1.44. The van der Waals surface area contributed by atoms with Gasteiger partial charge in [0.05, 0.1) is 6.61 Å². The van der Waals surface area contributed by atoms with E-state index in [1.54, 1.807) is 12.1 Å². The fourth-order valence-corrected chi connectivity index (χ4v) is 2.30. The summed E-state index contributed by atoms with van der Waals surface area (Å²) in [6.07, 6.45) is 0.827. The number of nitrogens with zero attached hydrogens (tertiary/aromatic N) is 1. The Morgan fingerprint density at radius 1 is 1.25 bits per heavy atom. The third-order valence-corrected chi connectivity index (χ3v) is 3.38. The number of nitrogen functional groups attached to an aromatic ring is 2. The van der Waals surface area contributed by atoms with Crippen LogP contribution < -0.4 is 21.8 Å². The highest BCUT2D eigenvalue weighted by Gasteiger charge is 2.00. The zero-order valence-corrected chi connectivity index (χ0v) is 11.7. The van der Waals surface area contributed by atoms with E-state index in [1.807, 2.05) is 12.1 Å². The number of ether oxygens (including phenoxy) is 1. The molecule has 0 aliphatic heterocycles. The number of thioether (sulfide) groups is 1. The minimum atomic E-state index is -0.238. The number of nitrogens with two attached hydrogens (primary N) is 2. The van der Waals surface area contributed by atoms with E-state index in [0.717, 1.165) is 17.9 Å². The van der Waals surface area contributed by atoms with E-state index in [4.69, 9.17) is 16.2 Å². The van der Waals surface area contributed by atoms with E-state index in [2.05, 4.69) is 9.97 Å². The largest absolute Gasteiger partial charge is 0.494 e. The molecule has 7 heteroatoms. The Bertz CT molecular complexity index is 613. The van der Waals surface area contributed by atoms with Gasteiger partial charge in [-0.3, -0.25) is 4.79 Å². The van der Waals surface area contributed by atoms with Crippen LogP contribution in [0.1, 0.15) is 6.42 Å². The van der Waals surface area contributed by atoms with Crippen molar-refractivity contribution >= 4 is 23.3 Å². The van der Waals surface area contributed by atoms with Crippen molar-refractivity contribution < 1.29 is 4.74 Å². The van der Waals surface area contributed by atoms with Crippen molar-refractivity contribution in [1.82, 2.24) is 9.97 Å². The molecule has 106 valence electrons. The van der Waals surface area contributed by atoms with Gasteiger partial charge >= 0.3 is 0 Å². The molecule has 0 saturated heterocycles. The first-order valence-corrected chi connectivity index (χ1v) is 7.10. The molecule has 0 aliphatic carbocycles. The van der Waals surface area contributed by atoms with Gasteiger partial charge in [-0.15, -0.1) is 0 Å². The standard InChI is InChI=1S/C13H16N4O2S/c14-9-2-4-10(5-3-9)19-6-1-7-20-13-16-11(15)8-12(18)17-13/h2-5,8H,1,6-7,14H2,(H3,15,16,17,18). The van der Waals surface area contributed by atoms with Gasteiger partial charge in [0.25, 0.3) is 5.56 Å². The predicted octanol–water partition coefficient (Wildman–Crippen LogP) is 1.50. The Labute approximate surface area is 120 Å². The zero-order chi connectivity index (χ0) is 14.4. The second-order valence-corrected chi connectivity index (χ2v) is 5.18. The maximum absolute atomic E-state index is 11.2. The van der Waals surface area contributed by atoms with Crippen molar-refractivity contribution in [1.29, 1.82) is 0 Å². The van der Waals surface area contributed by atoms with Gasteiger partial charge in [-0.25, -0.2) is 4.98 Å². The van der Waals surface area contributed by atoms with Crippen LogP contribution >= 0.6 is 11.8 Å². The number of hydrogen-bond acceptors (Lipinski definition) is 6. The summed E-state index contributed by atoms with van der Waals surface area (Å²) in [5.41, 5.74) is 11.6. The molecule has 0 fully saturated rings. The van der Waals surface area contributed by atoms with Crippen molar-refractivity contribution in [2.24, 2.45) is 0 Å². The molecule has 0 saturated carbocycles. The topological polar surface area (TPSA) is 107 Å². The van der Waals surface area contributed by atoms with Gasteiger partial charge in [-0.1, -0.05) is 11.8 Å². The maximum atomic E-state index is 11.2. The summed E-state index contributed by atoms with van der Waals surface area (Å²) in [6, 6.07) is 8.52. The van der Waals surface area contributed by atoms with Crippen LogP contribution in [0.25, 0.3) is 0 Å². The van der Waals surface area contributed by atoms with Crippen molar-refractivity contribution in [3.8, 4) is 5.75 Å². The number of aromatic nitrogens is 2. The Morgan fingerprint density at radius 2 is 2.00 bits per heavy atom. The number of rotatable bonds is 6. The summed E-state index contributed by atoms with van der Waals surface area (Å²) in [6.45, 7) is 0.587. The van der Waals surface area contributed by atoms with Crippen LogP contribution in [-0.2, 0) is 0 Å². The minimum Gasteiger partial charge on any atom is -0.494 e. The van der Waals surface area contributed by atoms with Crippen LogP contribution in [0.5, 0.6) is 5.75 Å². The van der Waals surface area contributed by atoms with Gasteiger partial charge in [0, 0.05) is 17.5 Å². The van der Waals surface area contributed by atoms with Crippen LogP contribution in [0, 0.1) is 0 Å². The number of anilines is 2. The SMILES string of the molecule is Nc1ccc(OCCCSc2nc(N)cc(=O)[nH]2)cc1. The smallest absolute Gasteiger partial charge is 0.253 e. The van der Waals surface area contributed by atoms with E-state index < -0.39 is 0 Å². The molecule has 0 aliphatic rings. The summed E-state index contributed by atoms with van der Waals surface area (Å²) in [5.74, 6) is 1.80. The zero-order valence-electron chi connectivity index (χ0n) is 10.8. The van der Waals surface area contributed by atoms with Gasteiger partial charge < -0.3 is 21.2 Å². The molecule has 0 amide bonds. The average molecular weight is 292 g/mol. The van der Waals surface area contributed by atoms with E-state index in [9.17, 15) is 4.79 Å². The van der Waals surface area contributed by atoms with Crippen molar-refractivity contribution in [3.63, 3.8) is 0 Å². The van der Waals surface area contributed by atoms with E-state index in [-0.39, 0.29) is 11.4 Å². The van der Waals surface area contributed by atoms with Crippen molar-refractivity contribution in [2.45, 2.75) is 11.6 Å². The fourth-order valence-electron chi connectivity index (χ4n) is 1.50. The lowest BCUT2D eigenvalue weighted by molar-refractivity contribution is 0.319. The number of benzene rings is 1. The van der Waals surface area contributed by atoms with Gasteiger partial charge in [-0.05, 0) is 30.7 Å². The summed E-state index contributed by atoms with van der Waals surface area (Å²) in [7, 11) is 0. The monoisotopic (exact) mass is 292 g/mol. The highest BCUT2D eigenvalue weighted by atomic mass is 32.2. The average Bonchev–Trinajstić information content (AvgIpc) is 2.39. The molecule has 2 rings (SSSR count). The molecule has 0 spiro atoms. The third kappa shape index (κ3) is 4.51. The first-order chi connectivity index (χ1) is 9.63. The molecular weight excluding hydrogens is 276 g/mol. The molecule has 5 N–H and O–H groups in total. The molecular formula is C13H16N4O2S. The van der Waals surface area contributed by atoms with Crippen LogP contribution in [0.4, 0.5) is 11.5 Å². The highest BCUT2D eigenvalue weighted by molar-refractivity contribution is 7.99. The first kappa shape index (κ1) is 14.3. The van der Waals surface area contributed by atoms with Gasteiger partial charge in [-0.2, -0.15) is 0 Å². The van der Waals surface area contributed by atoms with E-state index >= 15 is 0 Å². The highest BCUT2D eigenvalue weighted by Crippen LogP contribution is 2.15. The molecule has 6 nitrogen and oxygen atoms in total. The van der Waals surface area contributed by atoms with Crippen LogP contribution in [0.15, 0.2) is 40.3 Å². The van der Waals surface area contributed by atoms with Crippen LogP contribution in [0.2, 0.25) is 0 Å². The lowest BCUT2D eigenvalue weighted by Crippen LogP contribution is -2.09. The Morgan fingerprint density at radius 3 is 2.70 bits per heavy atom. The molecule has 1 aromatic carbocycles.